The molecule has 1 aromatic rings. The molecule has 0 bridgehead atoms. The Bertz CT molecular complexity index is 379. The van der Waals surface area contributed by atoms with Crippen LogP contribution in [0.15, 0.2) is 6.07 Å². The summed E-state index contributed by atoms with van der Waals surface area (Å²) in [5, 5.41) is 9.04. The fourth-order valence-electron chi connectivity index (χ4n) is 1.54. The SMILES string of the molecule is Cc1cc(C2(C(=O)O)CC2)nc(N)n1. The van der Waals surface area contributed by atoms with Crippen molar-refractivity contribution in [3.05, 3.63) is 17.5 Å². The van der Waals surface area contributed by atoms with Gasteiger partial charge in [0, 0.05) is 5.69 Å². The van der Waals surface area contributed by atoms with Crippen LogP contribution in [0.5, 0.6) is 0 Å². The van der Waals surface area contributed by atoms with E-state index in [4.69, 9.17) is 10.8 Å². The predicted molar refractivity (Wildman–Crippen MR) is 49.7 cm³/mol. The topological polar surface area (TPSA) is 89.1 Å². The Hall–Kier alpha value is -1.65. The average molecular weight is 193 g/mol. The molecule has 1 saturated carbocycles. The standard InChI is InChI=1S/C9H11N3O2/c1-5-4-6(12-8(10)11-5)9(2-3-9)7(13)14/h4H,2-3H2,1H3,(H,13,14)(H2,10,11,12). The van der Waals surface area contributed by atoms with Crippen LogP contribution in [0.1, 0.15) is 24.2 Å². The number of carboxylic acids is 1. The third kappa shape index (κ3) is 1.21. The van der Waals surface area contributed by atoms with E-state index in [2.05, 4.69) is 9.97 Å². The van der Waals surface area contributed by atoms with Gasteiger partial charge in [0.25, 0.3) is 0 Å². The molecule has 1 fully saturated rings. The van der Waals surface area contributed by atoms with E-state index in [1.165, 1.54) is 0 Å². The number of hydrogen-bond donors (Lipinski definition) is 2. The minimum atomic E-state index is -0.824. The van der Waals surface area contributed by atoms with Crippen LogP contribution in [0, 0.1) is 6.92 Å². The normalized spacial score (nSPS) is 17.8. The number of carboxylic acid groups (broad SMARTS) is 1. The van der Waals surface area contributed by atoms with E-state index in [0.29, 0.717) is 24.2 Å². The van der Waals surface area contributed by atoms with Crippen molar-refractivity contribution in [3.63, 3.8) is 0 Å². The molecule has 0 spiro atoms. The first kappa shape index (κ1) is 8.93. The number of aliphatic carboxylic acids is 1. The third-order valence-corrected chi connectivity index (χ3v) is 2.52. The van der Waals surface area contributed by atoms with Crippen LogP contribution in [-0.2, 0) is 10.2 Å². The van der Waals surface area contributed by atoms with Crippen molar-refractivity contribution < 1.29 is 9.90 Å². The van der Waals surface area contributed by atoms with Crippen LogP contribution in [0.4, 0.5) is 5.95 Å². The summed E-state index contributed by atoms with van der Waals surface area (Å²) < 4.78 is 0. The molecule has 1 heterocycles. The molecule has 0 aromatic carbocycles. The Morgan fingerprint density at radius 1 is 1.57 bits per heavy atom. The van der Waals surface area contributed by atoms with E-state index >= 15 is 0 Å². The van der Waals surface area contributed by atoms with Crippen molar-refractivity contribution in [2.45, 2.75) is 25.2 Å². The fourth-order valence-corrected chi connectivity index (χ4v) is 1.54. The van der Waals surface area contributed by atoms with Crippen molar-refractivity contribution in [1.29, 1.82) is 0 Å². The molecule has 1 aliphatic carbocycles. The number of aromatic nitrogens is 2. The molecule has 2 rings (SSSR count). The highest BCUT2D eigenvalue weighted by atomic mass is 16.4. The van der Waals surface area contributed by atoms with Crippen LogP contribution in [0.25, 0.3) is 0 Å². The highest BCUT2D eigenvalue weighted by Crippen LogP contribution is 2.47. The molecule has 74 valence electrons. The zero-order chi connectivity index (χ0) is 10.3. The zero-order valence-corrected chi connectivity index (χ0v) is 7.82. The maximum Gasteiger partial charge on any atom is 0.315 e. The molecule has 14 heavy (non-hydrogen) atoms. The lowest BCUT2D eigenvalue weighted by Crippen LogP contribution is -2.22. The van der Waals surface area contributed by atoms with Crippen molar-refractivity contribution in [2.24, 2.45) is 0 Å². The van der Waals surface area contributed by atoms with Crippen molar-refractivity contribution in [3.8, 4) is 0 Å². The lowest BCUT2D eigenvalue weighted by Gasteiger charge is -2.09. The van der Waals surface area contributed by atoms with Gasteiger partial charge in [0.15, 0.2) is 0 Å². The second kappa shape index (κ2) is 2.67. The Kier molecular flexibility index (Phi) is 1.70. The number of carbonyl (C=O) groups is 1. The van der Waals surface area contributed by atoms with Gasteiger partial charge in [-0.25, -0.2) is 9.97 Å². The number of rotatable bonds is 2. The second-order valence-corrected chi connectivity index (χ2v) is 3.64. The van der Waals surface area contributed by atoms with E-state index in [-0.39, 0.29) is 5.95 Å². The third-order valence-electron chi connectivity index (χ3n) is 2.52. The quantitative estimate of drug-likeness (QED) is 0.713. The second-order valence-electron chi connectivity index (χ2n) is 3.64. The van der Waals surface area contributed by atoms with Gasteiger partial charge in [-0.3, -0.25) is 4.79 Å². The average Bonchev–Trinajstić information content (AvgIpc) is 2.81. The predicted octanol–water partition coefficient (Wildman–Crippen LogP) is 0.483. The van der Waals surface area contributed by atoms with Crippen molar-refractivity contribution >= 4 is 11.9 Å². The lowest BCUT2D eigenvalue weighted by atomic mass is 10.0. The number of hydrogen-bond acceptors (Lipinski definition) is 4. The summed E-state index contributed by atoms with van der Waals surface area (Å²) >= 11 is 0. The fraction of sp³-hybridized carbons (Fsp3) is 0.444. The molecule has 0 radical (unpaired) electrons. The highest BCUT2D eigenvalue weighted by Gasteiger charge is 2.53. The first-order valence-corrected chi connectivity index (χ1v) is 4.40. The summed E-state index contributed by atoms with van der Waals surface area (Å²) in [5.74, 6) is -0.678. The monoisotopic (exact) mass is 193 g/mol. The van der Waals surface area contributed by atoms with Crippen LogP contribution < -0.4 is 5.73 Å². The number of nitrogens with zero attached hydrogens (tertiary/aromatic N) is 2. The molecule has 5 heteroatoms. The van der Waals surface area contributed by atoms with E-state index in [9.17, 15) is 4.79 Å². The van der Waals surface area contributed by atoms with Crippen LogP contribution in [-0.4, -0.2) is 21.0 Å². The lowest BCUT2D eigenvalue weighted by molar-refractivity contribution is -0.140. The molecule has 0 atom stereocenters. The smallest absolute Gasteiger partial charge is 0.315 e. The summed E-state index contributed by atoms with van der Waals surface area (Å²) in [4.78, 5) is 18.9. The van der Waals surface area contributed by atoms with Crippen molar-refractivity contribution in [2.75, 3.05) is 5.73 Å². The molecule has 0 amide bonds. The molecule has 1 aliphatic rings. The van der Waals surface area contributed by atoms with Gasteiger partial charge in [-0.15, -0.1) is 0 Å². The molecule has 5 nitrogen and oxygen atoms in total. The van der Waals surface area contributed by atoms with E-state index in [1.54, 1.807) is 13.0 Å². The van der Waals surface area contributed by atoms with Crippen molar-refractivity contribution in [1.82, 2.24) is 9.97 Å². The van der Waals surface area contributed by atoms with Gasteiger partial charge in [0.2, 0.25) is 5.95 Å². The summed E-state index contributed by atoms with van der Waals surface area (Å²) in [6, 6.07) is 1.69. The first-order valence-electron chi connectivity index (χ1n) is 4.40. The highest BCUT2D eigenvalue weighted by molar-refractivity contribution is 5.84. The zero-order valence-electron chi connectivity index (χ0n) is 7.82. The van der Waals surface area contributed by atoms with Gasteiger partial charge in [-0.1, -0.05) is 0 Å². The Balaban J connectivity index is 2.47. The summed E-state index contributed by atoms with van der Waals surface area (Å²) in [5.41, 5.74) is 5.92. The van der Waals surface area contributed by atoms with E-state index < -0.39 is 11.4 Å². The van der Waals surface area contributed by atoms with Gasteiger partial charge in [-0.05, 0) is 25.8 Å². The summed E-state index contributed by atoms with van der Waals surface area (Å²) in [6.07, 6.45) is 1.27. The van der Waals surface area contributed by atoms with E-state index in [1.807, 2.05) is 0 Å². The maximum absolute atomic E-state index is 11.0. The minimum absolute atomic E-state index is 0.146. The van der Waals surface area contributed by atoms with Gasteiger partial charge in [-0.2, -0.15) is 0 Å². The molecular weight excluding hydrogens is 182 g/mol. The summed E-state index contributed by atoms with van der Waals surface area (Å²) in [7, 11) is 0. The number of aryl methyl sites for hydroxylation is 1. The molecule has 3 N–H and O–H groups in total. The van der Waals surface area contributed by atoms with Crippen LogP contribution >= 0.6 is 0 Å². The Labute approximate surface area is 81.0 Å². The number of anilines is 1. The maximum atomic E-state index is 11.0. The van der Waals surface area contributed by atoms with Crippen LogP contribution in [0.2, 0.25) is 0 Å². The summed E-state index contributed by atoms with van der Waals surface area (Å²) in [6.45, 7) is 1.78. The van der Waals surface area contributed by atoms with Gasteiger partial charge >= 0.3 is 5.97 Å². The minimum Gasteiger partial charge on any atom is -0.481 e. The molecule has 1 aromatic heterocycles. The largest absolute Gasteiger partial charge is 0.481 e. The molecule has 0 saturated heterocycles. The molecule has 0 aliphatic heterocycles. The van der Waals surface area contributed by atoms with Gasteiger partial charge in [0.05, 0.1) is 5.69 Å². The Morgan fingerprint density at radius 3 is 2.64 bits per heavy atom. The molecular formula is C9H11N3O2. The van der Waals surface area contributed by atoms with Gasteiger partial charge in [0.1, 0.15) is 5.41 Å². The first-order chi connectivity index (χ1) is 6.54. The molecule has 0 unspecified atom stereocenters. The number of nitrogens with two attached hydrogens (primary N) is 1. The van der Waals surface area contributed by atoms with E-state index in [0.717, 1.165) is 0 Å². The van der Waals surface area contributed by atoms with Crippen LogP contribution in [0.3, 0.4) is 0 Å². The Morgan fingerprint density at radius 2 is 2.21 bits per heavy atom. The number of nitrogen functional groups attached to an aromatic ring is 1. The van der Waals surface area contributed by atoms with Gasteiger partial charge < -0.3 is 10.8 Å².